The summed E-state index contributed by atoms with van der Waals surface area (Å²) in [6.07, 6.45) is 1.81. The number of hydrogen-bond donors (Lipinski definition) is 2. The van der Waals surface area contributed by atoms with Crippen molar-refractivity contribution in [1.29, 1.82) is 0 Å². The number of carbonyl (C=O) groups is 2. The van der Waals surface area contributed by atoms with Crippen molar-refractivity contribution < 1.29 is 14.7 Å². The molecule has 5 heteroatoms. The highest BCUT2D eigenvalue weighted by Gasteiger charge is 2.30. The fourth-order valence-electron chi connectivity index (χ4n) is 2.78. The van der Waals surface area contributed by atoms with E-state index in [-0.39, 0.29) is 24.4 Å². The van der Waals surface area contributed by atoms with Crippen LogP contribution in [-0.4, -0.2) is 41.0 Å². The van der Waals surface area contributed by atoms with E-state index >= 15 is 0 Å². The Kier molecular flexibility index (Phi) is 5.33. The van der Waals surface area contributed by atoms with Gasteiger partial charge in [-0.05, 0) is 24.8 Å². The molecule has 1 heterocycles. The number of nitrogens with one attached hydrogen (secondary N) is 1. The fourth-order valence-corrected chi connectivity index (χ4v) is 2.78. The van der Waals surface area contributed by atoms with Gasteiger partial charge in [0.2, 0.25) is 11.8 Å². The van der Waals surface area contributed by atoms with Crippen molar-refractivity contribution in [3.05, 3.63) is 35.9 Å². The van der Waals surface area contributed by atoms with Gasteiger partial charge in [-0.1, -0.05) is 30.3 Å². The monoisotopic (exact) mass is 290 g/mol. The van der Waals surface area contributed by atoms with Gasteiger partial charge < -0.3 is 15.3 Å². The smallest absolute Gasteiger partial charge is 0.242 e. The molecule has 114 valence electrons. The highest BCUT2D eigenvalue weighted by Crippen LogP contribution is 2.27. The van der Waals surface area contributed by atoms with Crippen molar-refractivity contribution in [2.75, 3.05) is 13.1 Å². The second-order valence-corrected chi connectivity index (χ2v) is 5.46. The predicted octanol–water partition coefficient (Wildman–Crippen LogP) is 1.24. The van der Waals surface area contributed by atoms with Crippen LogP contribution in [-0.2, 0) is 9.59 Å². The lowest BCUT2D eigenvalue weighted by Crippen LogP contribution is -2.42. The molecule has 0 spiro atoms. The summed E-state index contributed by atoms with van der Waals surface area (Å²) in [7, 11) is 0. The minimum absolute atomic E-state index is 0.0350. The van der Waals surface area contributed by atoms with Gasteiger partial charge in [-0.25, -0.2) is 0 Å². The topological polar surface area (TPSA) is 69.6 Å². The lowest BCUT2D eigenvalue weighted by atomic mass is 10.0. The van der Waals surface area contributed by atoms with Crippen molar-refractivity contribution in [2.24, 2.45) is 0 Å². The van der Waals surface area contributed by atoms with E-state index < -0.39 is 6.10 Å². The Morgan fingerprint density at radius 1 is 1.38 bits per heavy atom. The average Bonchev–Trinajstić information content (AvgIpc) is 2.93. The molecule has 1 saturated heterocycles. The molecule has 1 aromatic rings. The number of carbonyl (C=O) groups excluding carboxylic acids is 2. The molecule has 0 saturated carbocycles. The summed E-state index contributed by atoms with van der Waals surface area (Å²) in [6, 6.07) is 9.53. The van der Waals surface area contributed by atoms with Gasteiger partial charge in [0.25, 0.3) is 0 Å². The van der Waals surface area contributed by atoms with Crippen LogP contribution in [0.5, 0.6) is 0 Å². The van der Waals surface area contributed by atoms with Crippen molar-refractivity contribution in [3.63, 3.8) is 0 Å². The largest absolute Gasteiger partial charge is 0.388 e. The zero-order chi connectivity index (χ0) is 15.2. The van der Waals surface area contributed by atoms with Crippen LogP contribution in [0.4, 0.5) is 0 Å². The molecule has 2 amide bonds. The van der Waals surface area contributed by atoms with Crippen molar-refractivity contribution >= 4 is 11.8 Å². The van der Waals surface area contributed by atoms with Crippen LogP contribution in [0, 0.1) is 0 Å². The summed E-state index contributed by atoms with van der Waals surface area (Å²) in [4.78, 5) is 24.8. The van der Waals surface area contributed by atoms with Gasteiger partial charge in [-0.3, -0.25) is 9.59 Å². The molecule has 1 aliphatic rings. The summed E-state index contributed by atoms with van der Waals surface area (Å²) in [5, 5.41) is 12.8. The van der Waals surface area contributed by atoms with Crippen molar-refractivity contribution in [1.82, 2.24) is 10.2 Å². The number of aliphatic hydroxyl groups is 1. The predicted molar refractivity (Wildman–Crippen MR) is 79.4 cm³/mol. The third-order valence-electron chi connectivity index (χ3n) is 3.87. The molecule has 0 aliphatic carbocycles. The molecule has 2 atom stereocenters. The highest BCUT2D eigenvalue weighted by molar-refractivity contribution is 5.84. The third-order valence-corrected chi connectivity index (χ3v) is 3.87. The van der Waals surface area contributed by atoms with E-state index in [1.165, 1.54) is 6.92 Å². The maximum absolute atomic E-state index is 12.1. The Bertz CT molecular complexity index is 490. The first-order valence-electron chi connectivity index (χ1n) is 7.35. The SMILES string of the molecule is CC(=O)NCC(=O)N1CCC[C@@H]1C[C@H](O)c1ccccc1. The Hall–Kier alpha value is -1.88. The van der Waals surface area contributed by atoms with E-state index in [9.17, 15) is 14.7 Å². The molecular weight excluding hydrogens is 268 g/mol. The van der Waals surface area contributed by atoms with Crippen LogP contribution < -0.4 is 5.32 Å². The Labute approximate surface area is 125 Å². The first-order valence-corrected chi connectivity index (χ1v) is 7.35. The number of amides is 2. The summed E-state index contributed by atoms with van der Waals surface area (Å²) in [6.45, 7) is 2.13. The quantitative estimate of drug-likeness (QED) is 0.857. The maximum atomic E-state index is 12.1. The standard InChI is InChI=1S/C16H22N2O3/c1-12(19)17-11-16(21)18-9-5-8-14(18)10-15(20)13-6-3-2-4-7-13/h2-4,6-7,14-15,20H,5,8-11H2,1H3,(H,17,19)/t14-,15+/m1/s1. The number of aliphatic hydroxyl groups excluding tert-OH is 1. The summed E-state index contributed by atoms with van der Waals surface area (Å²) in [5.41, 5.74) is 0.874. The summed E-state index contributed by atoms with van der Waals surface area (Å²) >= 11 is 0. The second-order valence-electron chi connectivity index (χ2n) is 5.46. The van der Waals surface area contributed by atoms with Gasteiger partial charge in [0.05, 0.1) is 12.6 Å². The number of hydrogen-bond acceptors (Lipinski definition) is 3. The minimum Gasteiger partial charge on any atom is -0.388 e. The molecule has 1 aliphatic heterocycles. The van der Waals surface area contributed by atoms with Crippen LogP contribution in [0.2, 0.25) is 0 Å². The summed E-state index contributed by atoms with van der Waals surface area (Å²) < 4.78 is 0. The van der Waals surface area contributed by atoms with E-state index in [1.807, 2.05) is 30.3 Å². The minimum atomic E-state index is -0.564. The van der Waals surface area contributed by atoms with Crippen LogP contribution in [0.3, 0.4) is 0 Å². The van der Waals surface area contributed by atoms with Crippen LogP contribution in [0.25, 0.3) is 0 Å². The van der Waals surface area contributed by atoms with Crippen LogP contribution >= 0.6 is 0 Å². The van der Waals surface area contributed by atoms with Crippen molar-refractivity contribution in [2.45, 2.75) is 38.3 Å². The van der Waals surface area contributed by atoms with Crippen LogP contribution in [0.15, 0.2) is 30.3 Å². The third kappa shape index (κ3) is 4.29. The first-order chi connectivity index (χ1) is 10.1. The van der Waals surface area contributed by atoms with Crippen LogP contribution in [0.1, 0.15) is 37.9 Å². The zero-order valence-corrected chi connectivity index (χ0v) is 12.3. The fraction of sp³-hybridized carbons (Fsp3) is 0.500. The van der Waals surface area contributed by atoms with E-state index in [0.717, 1.165) is 18.4 Å². The van der Waals surface area contributed by atoms with Gasteiger partial charge >= 0.3 is 0 Å². The molecule has 0 aromatic heterocycles. The molecule has 0 unspecified atom stereocenters. The number of nitrogens with zero attached hydrogens (tertiary/aromatic N) is 1. The first kappa shape index (κ1) is 15.5. The number of benzene rings is 1. The normalized spacial score (nSPS) is 19.3. The van der Waals surface area contributed by atoms with Gasteiger partial charge in [-0.2, -0.15) is 0 Å². The Balaban J connectivity index is 1.92. The van der Waals surface area contributed by atoms with Gasteiger partial charge in [0.1, 0.15) is 0 Å². The summed E-state index contributed by atoms with van der Waals surface area (Å²) in [5.74, 6) is -0.281. The number of rotatable bonds is 5. The van der Waals surface area contributed by atoms with Crippen molar-refractivity contribution in [3.8, 4) is 0 Å². The van der Waals surface area contributed by atoms with Gasteiger partial charge in [0, 0.05) is 19.5 Å². The molecular formula is C16H22N2O3. The van der Waals surface area contributed by atoms with E-state index in [1.54, 1.807) is 4.90 Å². The van der Waals surface area contributed by atoms with Gasteiger partial charge in [0.15, 0.2) is 0 Å². The Morgan fingerprint density at radius 3 is 2.76 bits per heavy atom. The molecule has 0 bridgehead atoms. The zero-order valence-electron chi connectivity index (χ0n) is 12.3. The molecule has 21 heavy (non-hydrogen) atoms. The number of likely N-dealkylation sites (tertiary alicyclic amines) is 1. The maximum Gasteiger partial charge on any atom is 0.242 e. The highest BCUT2D eigenvalue weighted by atomic mass is 16.3. The molecule has 0 radical (unpaired) electrons. The molecule has 5 nitrogen and oxygen atoms in total. The second kappa shape index (κ2) is 7.22. The van der Waals surface area contributed by atoms with E-state index in [0.29, 0.717) is 13.0 Å². The average molecular weight is 290 g/mol. The lowest BCUT2D eigenvalue weighted by Gasteiger charge is -2.26. The van der Waals surface area contributed by atoms with E-state index in [2.05, 4.69) is 5.32 Å². The lowest BCUT2D eigenvalue weighted by molar-refractivity contribution is -0.133. The molecule has 1 fully saturated rings. The van der Waals surface area contributed by atoms with E-state index in [4.69, 9.17) is 0 Å². The molecule has 2 N–H and O–H groups in total. The molecule has 1 aromatic carbocycles. The molecule has 2 rings (SSSR count). The van der Waals surface area contributed by atoms with Gasteiger partial charge in [-0.15, -0.1) is 0 Å². The Morgan fingerprint density at radius 2 is 2.10 bits per heavy atom.